The van der Waals surface area contributed by atoms with Gasteiger partial charge in [0.1, 0.15) is 11.6 Å². The maximum Gasteiger partial charge on any atom is 0.244 e. The lowest BCUT2D eigenvalue weighted by atomic mass is 10.2. The average molecular weight is 349 g/mol. The minimum Gasteiger partial charge on any atom is -0.345 e. The third-order valence-electron chi connectivity index (χ3n) is 3.04. The topological polar surface area (TPSA) is 85.6 Å². The molecule has 0 bridgehead atoms. The van der Waals surface area contributed by atoms with Gasteiger partial charge in [-0.1, -0.05) is 11.6 Å². The summed E-state index contributed by atoms with van der Waals surface area (Å²) >= 11 is 7.34. The summed E-state index contributed by atoms with van der Waals surface area (Å²) in [6.45, 7) is 1.88. The number of aromatic nitrogens is 5. The molecule has 3 aromatic rings. The monoisotopic (exact) mass is 348 g/mol. The minimum atomic E-state index is -0.201. The first-order valence-electron chi connectivity index (χ1n) is 6.84. The number of carbonyl (C=O) groups is 1. The van der Waals surface area contributed by atoms with Crippen LogP contribution in [0.3, 0.4) is 0 Å². The Kier molecular flexibility index (Phi) is 4.63. The van der Waals surface area contributed by atoms with Gasteiger partial charge in [0.05, 0.1) is 6.04 Å². The van der Waals surface area contributed by atoms with Gasteiger partial charge in [-0.3, -0.25) is 4.79 Å². The molecule has 1 aromatic carbocycles. The SMILES string of the molecule is C[C@H](NC(=O)Cn1nnc(-c2ccc(Cl)cc2)n1)c1nccs1. The van der Waals surface area contributed by atoms with Crippen LogP contribution in [-0.4, -0.2) is 31.1 Å². The molecule has 9 heteroatoms. The zero-order valence-electron chi connectivity index (χ0n) is 12.2. The van der Waals surface area contributed by atoms with Gasteiger partial charge in [0.15, 0.2) is 0 Å². The van der Waals surface area contributed by atoms with Crippen molar-refractivity contribution in [1.82, 2.24) is 30.5 Å². The first-order valence-corrected chi connectivity index (χ1v) is 8.10. The fraction of sp³-hybridized carbons (Fsp3) is 0.214. The van der Waals surface area contributed by atoms with Crippen molar-refractivity contribution in [3.8, 4) is 11.4 Å². The number of carbonyl (C=O) groups excluding carboxylic acids is 1. The number of amides is 1. The molecule has 1 N–H and O–H groups in total. The number of thiazole rings is 1. The molecule has 0 unspecified atom stereocenters. The van der Waals surface area contributed by atoms with Crippen LogP contribution in [0.2, 0.25) is 5.02 Å². The summed E-state index contributed by atoms with van der Waals surface area (Å²) in [5, 5.41) is 18.2. The van der Waals surface area contributed by atoms with Crippen molar-refractivity contribution in [3.05, 3.63) is 45.9 Å². The highest BCUT2D eigenvalue weighted by Crippen LogP contribution is 2.17. The molecule has 0 fully saturated rings. The number of nitrogens with one attached hydrogen (secondary N) is 1. The number of tetrazole rings is 1. The Morgan fingerprint density at radius 2 is 2.17 bits per heavy atom. The van der Waals surface area contributed by atoms with Gasteiger partial charge in [-0.05, 0) is 36.4 Å². The highest BCUT2D eigenvalue weighted by atomic mass is 35.5. The Hall–Kier alpha value is -2.32. The molecule has 0 aliphatic rings. The second-order valence-corrected chi connectivity index (χ2v) is 6.17. The Morgan fingerprint density at radius 3 is 2.87 bits per heavy atom. The van der Waals surface area contributed by atoms with E-state index in [-0.39, 0.29) is 18.5 Å². The first kappa shape index (κ1) is 15.6. The molecular weight excluding hydrogens is 336 g/mol. The van der Waals surface area contributed by atoms with Crippen molar-refractivity contribution in [2.24, 2.45) is 0 Å². The zero-order valence-corrected chi connectivity index (χ0v) is 13.8. The van der Waals surface area contributed by atoms with Gasteiger partial charge in [0.25, 0.3) is 0 Å². The number of benzene rings is 1. The van der Waals surface area contributed by atoms with Crippen molar-refractivity contribution in [2.45, 2.75) is 19.5 Å². The number of hydrogen-bond donors (Lipinski definition) is 1. The number of halogens is 1. The summed E-state index contributed by atoms with van der Waals surface area (Å²) in [7, 11) is 0. The second kappa shape index (κ2) is 6.84. The van der Waals surface area contributed by atoms with Crippen LogP contribution >= 0.6 is 22.9 Å². The molecule has 2 heterocycles. The standard InChI is InChI=1S/C14H13ClN6OS/c1-9(14-16-6-7-23-14)17-12(22)8-21-19-13(18-20-21)10-2-4-11(15)5-3-10/h2-7,9H,8H2,1H3,(H,17,22)/t9-/m0/s1. The average Bonchev–Trinajstić information content (AvgIpc) is 3.19. The molecule has 2 aromatic heterocycles. The molecule has 7 nitrogen and oxygen atoms in total. The van der Waals surface area contributed by atoms with Crippen LogP contribution in [0.1, 0.15) is 18.0 Å². The van der Waals surface area contributed by atoms with E-state index in [1.54, 1.807) is 30.5 Å². The smallest absolute Gasteiger partial charge is 0.244 e. The molecule has 23 heavy (non-hydrogen) atoms. The fourth-order valence-electron chi connectivity index (χ4n) is 1.95. The van der Waals surface area contributed by atoms with Crippen molar-refractivity contribution < 1.29 is 4.79 Å². The minimum absolute atomic E-state index is 0.00367. The first-order chi connectivity index (χ1) is 11.1. The van der Waals surface area contributed by atoms with Gasteiger partial charge < -0.3 is 5.32 Å². The summed E-state index contributed by atoms with van der Waals surface area (Å²) in [4.78, 5) is 17.5. The van der Waals surface area contributed by atoms with E-state index in [4.69, 9.17) is 11.6 Å². The third kappa shape index (κ3) is 3.91. The van der Waals surface area contributed by atoms with Gasteiger partial charge in [-0.25, -0.2) is 4.98 Å². The van der Waals surface area contributed by atoms with Crippen molar-refractivity contribution in [3.63, 3.8) is 0 Å². The molecule has 0 aliphatic heterocycles. The molecule has 1 atom stereocenters. The van der Waals surface area contributed by atoms with Gasteiger partial charge >= 0.3 is 0 Å². The molecule has 0 aliphatic carbocycles. The van der Waals surface area contributed by atoms with Gasteiger partial charge in [-0.15, -0.1) is 21.5 Å². The van der Waals surface area contributed by atoms with E-state index in [1.165, 1.54) is 16.1 Å². The van der Waals surface area contributed by atoms with Crippen molar-refractivity contribution in [2.75, 3.05) is 0 Å². The summed E-state index contributed by atoms with van der Waals surface area (Å²) < 4.78 is 0. The second-order valence-electron chi connectivity index (χ2n) is 4.81. The van der Waals surface area contributed by atoms with Crippen LogP contribution in [0.4, 0.5) is 0 Å². The number of nitrogens with zero attached hydrogens (tertiary/aromatic N) is 5. The maximum atomic E-state index is 12.0. The lowest BCUT2D eigenvalue weighted by Gasteiger charge is -2.10. The Balaban J connectivity index is 1.62. The number of rotatable bonds is 5. The maximum absolute atomic E-state index is 12.0. The molecule has 118 valence electrons. The summed E-state index contributed by atoms with van der Waals surface area (Å²) in [6.07, 6.45) is 1.71. The quantitative estimate of drug-likeness (QED) is 0.764. The van der Waals surface area contributed by atoms with Gasteiger partial charge in [-0.2, -0.15) is 4.80 Å². The zero-order chi connectivity index (χ0) is 16.2. The van der Waals surface area contributed by atoms with E-state index in [0.29, 0.717) is 10.8 Å². The van der Waals surface area contributed by atoms with Crippen LogP contribution in [0.15, 0.2) is 35.8 Å². The van der Waals surface area contributed by atoms with Crippen molar-refractivity contribution in [1.29, 1.82) is 0 Å². The molecule has 0 spiro atoms. The van der Waals surface area contributed by atoms with E-state index >= 15 is 0 Å². The predicted molar refractivity (Wildman–Crippen MR) is 86.9 cm³/mol. The summed E-state index contributed by atoms with van der Waals surface area (Å²) in [5.41, 5.74) is 0.789. The Morgan fingerprint density at radius 1 is 1.39 bits per heavy atom. The van der Waals surface area contributed by atoms with Crippen LogP contribution in [0.25, 0.3) is 11.4 Å². The highest BCUT2D eigenvalue weighted by molar-refractivity contribution is 7.09. The van der Waals surface area contributed by atoms with Crippen molar-refractivity contribution >= 4 is 28.8 Å². The summed E-state index contributed by atoms with van der Waals surface area (Å²) in [5.74, 6) is 0.246. The molecule has 3 rings (SSSR count). The molecule has 0 radical (unpaired) electrons. The van der Waals surface area contributed by atoms with E-state index in [9.17, 15) is 4.79 Å². The summed E-state index contributed by atoms with van der Waals surface area (Å²) in [6, 6.07) is 6.95. The van der Waals surface area contributed by atoms with Gasteiger partial charge in [0.2, 0.25) is 11.7 Å². The van der Waals surface area contributed by atoms with Crippen LogP contribution in [0.5, 0.6) is 0 Å². The van der Waals surface area contributed by atoms with Crippen LogP contribution in [-0.2, 0) is 11.3 Å². The third-order valence-corrected chi connectivity index (χ3v) is 4.25. The highest BCUT2D eigenvalue weighted by Gasteiger charge is 2.14. The predicted octanol–water partition coefficient (Wildman–Crippen LogP) is 2.33. The van der Waals surface area contributed by atoms with E-state index in [1.807, 2.05) is 12.3 Å². The molecule has 0 saturated heterocycles. The normalized spacial score (nSPS) is 12.1. The molecular formula is C14H13ClN6OS. The Labute approximate surface area is 141 Å². The van der Waals surface area contributed by atoms with Gasteiger partial charge in [0, 0.05) is 22.2 Å². The molecule has 0 saturated carbocycles. The molecule has 1 amide bonds. The van der Waals surface area contributed by atoms with Crippen LogP contribution in [0, 0.1) is 0 Å². The lowest BCUT2D eigenvalue weighted by molar-refractivity contribution is -0.122. The number of hydrogen-bond acceptors (Lipinski definition) is 6. The van der Waals surface area contributed by atoms with E-state index < -0.39 is 0 Å². The fourth-order valence-corrected chi connectivity index (χ4v) is 2.72. The Bertz CT molecular complexity index is 786. The van der Waals surface area contributed by atoms with E-state index in [0.717, 1.165) is 10.6 Å². The van der Waals surface area contributed by atoms with E-state index in [2.05, 4.69) is 25.7 Å². The lowest BCUT2D eigenvalue weighted by Crippen LogP contribution is -2.30. The largest absolute Gasteiger partial charge is 0.345 e. The van der Waals surface area contributed by atoms with Crippen LogP contribution < -0.4 is 5.32 Å².